The number of halogens is 1. The number of ether oxygens (including phenoxy) is 2. The lowest BCUT2D eigenvalue weighted by Gasteiger charge is -2.15. The lowest BCUT2D eigenvalue weighted by atomic mass is 10.1. The molecule has 0 saturated carbocycles. The summed E-state index contributed by atoms with van der Waals surface area (Å²) in [6.07, 6.45) is -0.208. The van der Waals surface area contributed by atoms with Gasteiger partial charge in [0.15, 0.2) is 0 Å². The fourth-order valence-corrected chi connectivity index (χ4v) is 3.54. The lowest BCUT2D eigenvalue weighted by Crippen LogP contribution is -2.33. The van der Waals surface area contributed by atoms with Crippen LogP contribution in [0.4, 0.5) is 11.4 Å². The number of benzene rings is 2. The van der Waals surface area contributed by atoms with E-state index in [1.807, 2.05) is 0 Å². The third-order valence-electron chi connectivity index (χ3n) is 4.48. The number of carbonyl (C=O) groups excluding carboxylic acids is 3. The van der Waals surface area contributed by atoms with Crippen molar-refractivity contribution in [3.8, 4) is 11.5 Å². The topological polar surface area (TPSA) is 128 Å². The smallest absolute Gasteiger partial charge is 0.282 e. The molecule has 0 atom stereocenters. The molecule has 1 heterocycles. The van der Waals surface area contributed by atoms with Crippen molar-refractivity contribution in [2.75, 3.05) is 26.1 Å². The number of imide groups is 1. The molecule has 1 aliphatic heterocycles. The molecule has 0 radical (unpaired) electrons. The van der Waals surface area contributed by atoms with Crippen LogP contribution in [0.2, 0.25) is 0 Å². The van der Waals surface area contributed by atoms with E-state index in [4.69, 9.17) is 9.47 Å². The fraction of sp³-hybridized carbons (Fsp3) is 0.211. The molecule has 1 N–H and O–H groups in total. The molecule has 156 valence electrons. The zero-order chi connectivity index (χ0) is 22.0. The molecule has 0 spiro atoms. The van der Waals surface area contributed by atoms with Crippen LogP contribution >= 0.6 is 15.9 Å². The molecule has 2 aromatic carbocycles. The number of nitro groups is 1. The van der Waals surface area contributed by atoms with Crippen molar-refractivity contribution < 1.29 is 28.8 Å². The molecule has 10 nitrogen and oxygen atoms in total. The van der Waals surface area contributed by atoms with Crippen LogP contribution in [-0.4, -0.2) is 48.3 Å². The quantitative estimate of drug-likeness (QED) is 0.368. The van der Waals surface area contributed by atoms with Gasteiger partial charge in [-0.2, -0.15) is 0 Å². The molecule has 0 saturated heterocycles. The van der Waals surface area contributed by atoms with E-state index in [-0.39, 0.29) is 24.1 Å². The van der Waals surface area contributed by atoms with Gasteiger partial charge in [0.2, 0.25) is 5.91 Å². The highest BCUT2D eigenvalue weighted by atomic mass is 79.9. The Bertz CT molecular complexity index is 1070. The average molecular weight is 478 g/mol. The predicted molar refractivity (Wildman–Crippen MR) is 109 cm³/mol. The second-order valence-electron chi connectivity index (χ2n) is 6.20. The standard InChI is InChI=1S/C19H16BrN3O7/c1-29-14-9-12(15(30-2)8-11(14)20)21-16(24)6-7-22-18(25)10-4-3-5-13(23(27)28)17(10)19(22)26/h3-5,8-9H,6-7H2,1-2H3,(H,21,24). The van der Waals surface area contributed by atoms with Crippen molar-refractivity contribution in [3.63, 3.8) is 0 Å². The van der Waals surface area contributed by atoms with Gasteiger partial charge in [0, 0.05) is 31.2 Å². The van der Waals surface area contributed by atoms with Crippen LogP contribution in [0.5, 0.6) is 11.5 Å². The summed E-state index contributed by atoms with van der Waals surface area (Å²) in [5.74, 6) is -1.10. The van der Waals surface area contributed by atoms with Crippen molar-refractivity contribution in [1.82, 2.24) is 4.90 Å². The molecule has 0 fully saturated rings. The van der Waals surface area contributed by atoms with Gasteiger partial charge in [-0.15, -0.1) is 0 Å². The number of nitrogens with zero attached hydrogens (tertiary/aromatic N) is 2. The number of nitrogens with one attached hydrogen (secondary N) is 1. The predicted octanol–water partition coefficient (Wildman–Crippen LogP) is 3.00. The first-order chi connectivity index (χ1) is 14.3. The van der Waals surface area contributed by atoms with Crippen LogP contribution in [0, 0.1) is 10.1 Å². The number of rotatable bonds is 7. The van der Waals surface area contributed by atoms with E-state index in [0.29, 0.717) is 21.7 Å². The molecule has 1 aliphatic rings. The normalized spacial score (nSPS) is 12.6. The first-order valence-corrected chi connectivity index (χ1v) is 9.42. The number of carbonyl (C=O) groups is 3. The SMILES string of the molecule is COc1cc(NC(=O)CCN2C(=O)c3cccc([N+](=O)[O-])c3C2=O)c(OC)cc1Br. The van der Waals surface area contributed by atoms with Crippen molar-refractivity contribution >= 4 is 45.0 Å². The van der Waals surface area contributed by atoms with Crippen LogP contribution in [0.1, 0.15) is 27.1 Å². The number of hydrogen-bond donors (Lipinski definition) is 1. The largest absolute Gasteiger partial charge is 0.495 e. The lowest BCUT2D eigenvalue weighted by molar-refractivity contribution is -0.385. The summed E-state index contributed by atoms with van der Waals surface area (Å²) in [5.41, 5.74) is -0.397. The van der Waals surface area contributed by atoms with Gasteiger partial charge in [0.25, 0.3) is 17.5 Å². The molecule has 0 aromatic heterocycles. The van der Waals surface area contributed by atoms with Gasteiger partial charge < -0.3 is 14.8 Å². The Hall–Kier alpha value is -3.47. The van der Waals surface area contributed by atoms with Crippen molar-refractivity contribution in [3.05, 3.63) is 56.0 Å². The first kappa shape index (κ1) is 21.2. The molecular weight excluding hydrogens is 462 g/mol. The van der Waals surface area contributed by atoms with Gasteiger partial charge in [-0.25, -0.2) is 0 Å². The Morgan fingerprint density at radius 3 is 2.50 bits per heavy atom. The van der Waals surface area contributed by atoms with Gasteiger partial charge in [0.1, 0.15) is 17.1 Å². The summed E-state index contributed by atoms with van der Waals surface area (Å²) in [5, 5.41) is 13.8. The van der Waals surface area contributed by atoms with E-state index in [0.717, 1.165) is 11.0 Å². The van der Waals surface area contributed by atoms with E-state index < -0.39 is 28.3 Å². The second-order valence-corrected chi connectivity index (χ2v) is 7.06. The van der Waals surface area contributed by atoms with Crippen molar-refractivity contribution in [2.24, 2.45) is 0 Å². The molecule has 3 rings (SSSR count). The Labute approximate surface area is 179 Å². The minimum Gasteiger partial charge on any atom is -0.495 e. The maximum absolute atomic E-state index is 12.6. The van der Waals surface area contributed by atoms with Crippen LogP contribution in [0.15, 0.2) is 34.8 Å². The summed E-state index contributed by atoms with van der Waals surface area (Å²) >= 11 is 3.32. The third kappa shape index (κ3) is 3.83. The zero-order valence-corrected chi connectivity index (χ0v) is 17.5. The second kappa shape index (κ2) is 8.49. The monoisotopic (exact) mass is 477 g/mol. The Morgan fingerprint density at radius 1 is 1.17 bits per heavy atom. The summed E-state index contributed by atoms with van der Waals surface area (Å²) in [7, 11) is 2.91. The first-order valence-electron chi connectivity index (χ1n) is 8.63. The van der Waals surface area contributed by atoms with E-state index in [1.54, 1.807) is 12.1 Å². The minimum atomic E-state index is -0.794. The van der Waals surface area contributed by atoms with Crippen LogP contribution < -0.4 is 14.8 Å². The van der Waals surface area contributed by atoms with Crippen molar-refractivity contribution in [1.29, 1.82) is 0 Å². The van der Waals surface area contributed by atoms with E-state index in [1.165, 1.54) is 26.4 Å². The number of fused-ring (bicyclic) bond motifs is 1. The zero-order valence-electron chi connectivity index (χ0n) is 15.9. The molecule has 0 aliphatic carbocycles. The Kier molecular flexibility index (Phi) is 6.01. The fourth-order valence-electron chi connectivity index (χ4n) is 3.06. The van der Waals surface area contributed by atoms with Gasteiger partial charge in [-0.05, 0) is 22.0 Å². The van der Waals surface area contributed by atoms with Crippen LogP contribution in [0.25, 0.3) is 0 Å². The van der Waals surface area contributed by atoms with E-state index >= 15 is 0 Å². The number of hydrogen-bond acceptors (Lipinski definition) is 7. The summed E-state index contributed by atoms with van der Waals surface area (Å²) < 4.78 is 11.1. The molecule has 2 aromatic rings. The van der Waals surface area contributed by atoms with Gasteiger partial charge in [0.05, 0.1) is 34.9 Å². The summed E-state index contributed by atoms with van der Waals surface area (Å²) in [6, 6.07) is 7.03. The number of methoxy groups -OCH3 is 2. The Morgan fingerprint density at radius 2 is 1.87 bits per heavy atom. The minimum absolute atomic E-state index is 0.0473. The van der Waals surface area contributed by atoms with Crippen molar-refractivity contribution in [2.45, 2.75) is 6.42 Å². The average Bonchev–Trinajstić information content (AvgIpc) is 2.97. The van der Waals surface area contributed by atoms with E-state index in [2.05, 4.69) is 21.2 Å². The van der Waals surface area contributed by atoms with Gasteiger partial charge in [-0.3, -0.25) is 29.4 Å². The highest BCUT2D eigenvalue weighted by Crippen LogP contribution is 2.36. The molecule has 11 heteroatoms. The number of nitro benzene ring substituents is 1. The van der Waals surface area contributed by atoms with Gasteiger partial charge in [-0.1, -0.05) is 6.07 Å². The molecule has 3 amide bonds. The molecule has 30 heavy (non-hydrogen) atoms. The number of anilines is 1. The van der Waals surface area contributed by atoms with Crippen LogP contribution in [-0.2, 0) is 4.79 Å². The maximum Gasteiger partial charge on any atom is 0.282 e. The highest BCUT2D eigenvalue weighted by Gasteiger charge is 2.40. The molecular formula is C19H16BrN3O7. The third-order valence-corrected chi connectivity index (χ3v) is 5.10. The van der Waals surface area contributed by atoms with E-state index in [9.17, 15) is 24.5 Å². The summed E-state index contributed by atoms with van der Waals surface area (Å²) in [6.45, 7) is -0.231. The Balaban J connectivity index is 1.73. The highest BCUT2D eigenvalue weighted by molar-refractivity contribution is 9.10. The van der Waals surface area contributed by atoms with Crippen LogP contribution in [0.3, 0.4) is 0 Å². The molecule has 0 bridgehead atoms. The molecule has 0 unspecified atom stereocenters. The maximum atomic E-state index is 12.6. The summed E-state index contributed by atoms with van der Waals surface area (Å²) in [4.78, 5) is 48.7. The van der Waals surface area contributed by atoms with Gasteiger partial charge >= 0.3 is 0 Å². The number of amides is 3.